The number of nitrogens with one attached hydrogen (secondary N) is 3. The molecule has 3 amide bonds. The molecule has 7 heterocycles. The molecule has 0 aromatic heterocycles. The van der Waals surface area contributed by atoms with E-state index < -0.39 is 285 Å². The topological polar surface area (TPSA) is 647 Å². The SMILES string of the molecule is C[C@H](NC(=O)[C@H](C)NC(=O)[C@H](C)NC(=O)OCc1ccc(O[C@@H]2O[C@@H](CO)[C@@H](O[C@@H]3OC(CO[C@H]4OC[C@@H](O)[C@H](O)C4O)[C@@H](O[C@@H]4O[C@@H](CO[C@H]5OC[C@@H](O)C(O)C5O)[C@@H](O[C@@H]5OC(CO[C@H]6OC[C@@H](O)[C@H](O)C6O)[C@@H](O)[C@H](O)C5O)C(O)C4O)[C@H](O)C3O)C(O)C2O)cc1)C(=O)O. The molecule has 42 heteroatoms. The quantitative estimate of drug-likeness (QED) is 0.0409. The molecule has 12 unspecified atom stereocenters. The standard InChI is InChI=1S/C56H87N3O39/c1-16(46(79)58-18(3)48(81)82)57-47(80)17(2)59-56(83)90-9-19-4-6-20(7-5-19)91-52-40(76)33(69)43(24(8-60)92-52)96-54-41(77)34(70)45(27(94-54)15-89-51-38(74)30(66)23(63)12-86-51)98-55-42(78)35(71)44(26(95-55)14-88-50-37(73)29(65)22(62)11-85-50)97-53-39(75)32(68)31(67)25(93-53)13-87-49-36(72)28(64)21(61)10-84-49/h4-7,16-18,21-45,49-55,60-78H,8-15H2,1-3H3,(H,57,80)(H,58,79)(H,59,83)(H,81,82)/t16-,17-,18-,21+,22+,23+,24-,25?,26-,27?,28-,29?,30-,31+,32-,33?,34+,35?,36?,37?,38?,39?,40?,41?,42?,43+,44+,45+,49+,50+,51+,52+,53-,54-,55-/m0/s1. The molecule has 560 valence electrons. The van der Waals surface area contributed by atoms with E-state index in [1.54, 1.807) is 0 Å². The van der Waals surface area contributed by atoms with E-state index in [-0.39, 0.29) is 12.4 Å². The number of aliphatic hydroxyl groups is 19. The summed E-state index contributed by atoms with van der Waals surface area (Å²) in [5, 5.41) is 222. The minimum atomic E-state index is -2.36. The second kappa shape index (κ2) is 35.1. The van der Waals surface area contributed by atoms with Crippen molar-refractivity contribution in [2.45, 2.75) is 242 Å². The second-order valence-corrected chi connectivity index (χ2v) is 24.3. The normalized spacial score (nSPS) is 43.3. The van der Waals surface area contributed by atoms with Crippen molar-refractivity contribution >= 4 is 23.9 Å². The summed E-state index contributed by atoms with van der Waals surface area (Å²) in [5.41, 5.74) is 0.360. The molecule has 0 aliphatic carbocycles. The number of ether oxygens (including phenoxy) is 15. The minimum absolute atomic E-state index is 0.0178. The van der Waals surface area contributed by atoms with Gasteiger partial charge >= 0.3 is 12.1 Å². The smallest absolute Gasteiger partial charge is 0.408 e. The van der Waals surface area contributed by atoms with E-state index in [1.165, 1.54) is 45.0 Å². The van der Waals surface area contributed by atoms with Crippen LogP contribution < -0.4 is 20.7 Å². The Morgan fingerprint density at radius 1 is 0.418 bits per heavy atom. The number of aliphatic carboxylic acids is 1. The summed E-state index contributed by atoms with van der Waals surface area (Å²) < 4.78 is 85.2. The van der Waals surface area contributed by atoms with Crippen molar-refractivity contribution in [3.63, 3.8) is 0 Å². The first-order chi connectivity index (χ1) is 46.3. The van der Waals surface area contributed by atoms with Crippen molar-refractivity contribution in [3.05, 3.63) is 29.8 Å². The lowest BCUT2D eigenvalue weighted by molar-refractivity contribution is -0.393. The molecule has 23 N–H and O–H groups in total. The first-order valence-electron chi connectivity index (χ1n) is 31.0. The number of aliphatic hydroxyl groups excluding tert-OH is 19. The zero-order chi connectivity index (χ0) is 71.9. The van der Waals surface area contributed by atoms with Gasteiger partial charge in [-0.05, 0) is 38.5 Å². The zero-order valence-electron chi connectivity index (χ0n) is 52.4. The van der Waals surface area contributed by atoms with Gasteiger partial charge in [-0.25, -0.2) is 4.79 Å². The maximum Gasteiger partial charge on any atom is 0.408 e. The average molecular weight is 1430 g/mol. The number of carbonyl (C=O) groups excluding carboxylic acids is 3. The number of carboxylic acids is 1. The predicted molar refractivity (Wildman–Crippen MR) is 304 cm³/mol. The highest BCUT2D eigenvalue weighted by atomic mass is 16.8. The van der Waals surface area contributed by atoms with Crippen LogP contribution in [-0.2, 0) is 87.3 Å². The molecule has 0 radical (unpaired) electrons. The van der Waals surface area contributed by atoms with Crippen LogP contribution in [0.2, 0.25) is 0 Å². The summed E-state index contributed by atoms with van der Waals surface area (Å²) in [5.74, 6) is -2.91. The van der Waals surface area contributed by atoms with Crippen LogP contribution in [0.25, 0.3) is 0 Å². The third-order valence-electron chi connectivity index (χ3n) is 17.0. The van der Waals surface area contributed by atoms with E-state index in [0.29, 0.717) is 5.56 Å². The van der Waals surface area contributed by atoms with Crippen molar-refractivity contribution in [1.29, 1.82) is 0 Å². The first kappa shape index (κ1) is 79.1. The van der Waals surface area contributed by atoms with Crippen LogP contribution in [-0.4, -0.2) is 387 Å². The molecule has 7 aliphatic heterocycles. The van der Waals surface area contributed by atoms with Crippen LogP contribution in [0, 0.1) is 0 Å². The lowest BCUT2D eigenvalue weighted by atomic mass is 9.95. The molecule has 0 bridgehead atoms. The Morgan fingerprint density at radius 3 is 1.18 bits per heavy atom. The van der Waals surface area contributed by atoms with Gasteiger partial charge in [0.15, 0.2) is 37.7 Å². The first-order valence-corrected chi connectivity index (χ1v) is 31.0. The highest BCUT2D eigenvalue weighted by Crippen LogP contribution is 2.37. The monoisotopic (exact) mass is 1430 g/mol. The van der Waals surface area contributed by atoms with Gasteiger partial charge in [0, 0.05) is 0 Å². The van der Waals surface area contributed by atoms with E-state index in [4.69, 9.17) is 76.2 Å². The Kier molecular flexibility index (Phi) is 28.3. The van der Waals surface area contributed by atoms with Gasteiger partial charge < -0.3 is 189 Å². The lowest BCUT2D eigenvalue weighted by Crippen LogP contribution is -2.68. The molecule has 1 aromatic rings. The fourth-order valence-electron chi connectivity index (χ4n) is 11.0. The van der Waals surface area contributed by atoms with Gasteiger partial charge in [0.05, 0.1) is 46.2 Å². The van der Waals surface area contributed by atoms with Gasteiger partial charge in [-0.15, -0.1) is 0 Å². The molecule has 7 saturated heterocycles. The summed E-state index contributed by atoms with van der Waals surface area (Å²) in [7, 11) is 0. The van der Waals surface area contributed by atoms with Gasteiger partial charge in [0.1, 0.15) is 183 Å². The van der Waals surface area contributed by atoms with Gasteiger partial charge in [0.2, 0.25) is 18.1 Å². The lowest BCUT2D eigenvalue weighted by Gasteiger charge is -2.49. The van der Waals surface area contributed by atoms with Crippen LogP contribution in [0.1, 0.15) is 26.3 Å². The van der Waals surface area contributed by atoms with Crippen LogP contribution in [0.3, 0.4) is 0 Å². The van der Waals surface area contributed by atoms with Crippen LogP contribution >= 0.6 is 0 Å². The zero-order valence-corrected chi connectivity index (χ0v) is 52.4. The van der Waals surface area contributed by atoms with Gasteiger partial charge in [-0.3, -0.25) is 14.4 Å². The Labute approximate surface area is 555 Å². The van der Waals surface area contributed by atoms with E-state index in [1.807, 2.05) is 0 Å². The van der Waals surface area contributed by atoms with Gasteiger partial charge in [0.25, 0.3) is 0 Å². The molecular formula is C56H87N3O39. The third-order valence-corrected chi connectivity index (χ3v) is 17.0. The summed E-state index contributed by atoms with van der Waals surface area (Å²) in [6.07, 6.45) is -62.9. The molecule has 35 atom stereocenters. The maximum absolute atomic E-state index is 12.6. The molecule has 1 aromatic carbocycles. The number of carboxylic acid groups (broad SMARTS) is 1. The number of hydrogen-bond donors (Lipinski definition) is 23. The van der Waals surface area contributed by atoms with Crippen LogP contribution in [0.15, 0.2) is 24.3 Å². The van der Waals surface area contributed by atoms with Gasteiger partial charge in [-0.1, -0.05) is 12.1 Å². The Morgan fingerprint density at radius 2 is 0.765 bits per heavy atom. The maximum atomic E-state index is 12.6. The number of alkyl carbamates (subject to hydrolysis) is 1. The van der Waals surface area contributed by atoms with Crippen molar-refractivity contribution in [2.24, 2.45) is 0 Å². The Hall–Kier alpha value is -4.58. The Bertz CT molecular complexity index is 2700. The molecule has 98 heavy (non-hydrogen) atoms. The molecule has 7 aliphatic rings. The van der Waals surface area contributed by atoms with Gasteiger partial charge in [-0.2, -0.15) is 0 Å². The minimum Gasteiger partial charge on any atom is -0.480 e. The fourth-order valence-corrected chi connectivity index (χ4v) is 11.0. The Balaban J connectivity index is 0.934. The van der Waals surface area contributed by atoms with Crippen LogP contribution in [0.4, 0.5) is 4.79 Å². The number of carbonyl (C=O) groups is 4. The number of hydrogen-bond acceptors (Lipinski definition) is 38. The van der Waals surface area contributed by atoms with Crippen molar-refractivity contribution in [2.75, 3.05) is 46.2 Å². The second-order valence-electron chi connectivity index (χ2n) is 24.3. The molecule has 7 fully saturated rings. The molecule has 0 spiro atoms. The van der Waals surface area contributed by atoms with E-state index in [9.17, 15) is 116 Å². The third kappa shape index (κ3) is 19.0. The summed E-state index contributed by atoms with van der Waals surface area (Å²) in [6, 6.07) is 1.88. The number of amides is 3. The van der Waals surface area contributed by atoms with Crippen molar-refractivity contribution in [1.82, 2.24) is 16.0 Å². The number of benzene rings is 1. The summed E-state index contributed by atoms with van der Waals surface area (Å²) >= 11 is 0. The average Bonchev–Trinajstić information content (AvgIpc) is 0.776. The largest absolute Gasteiger partial charge is 0.480 e. The van der Waals surface area contributed by atoms with E-state index in [2.05, 4.69) is 16.0 Å². The molecule has 42 nitrogen and oxygen atoms in total. The van der Waals surface area contributed by atoms with E-state index in [0.717, 1.165) is 0 Å². The van der Waals surface area contributed by atoms with Crippen molar-refractivity contribution < 1.29 is 192 Å². The highest BCUT2D eigenvalue weighted by molar-refractivity contribution is 5.92. The molecule has 8 rings (SSSR count). The van der Waals surface area contributed by atoms with E-state index >= 15 is 0 Å². The molecular weight excluding hydrogens is 1340 g/mol. The number of rotatable bonds is 26. The summed E-state index contributed by atoms with van der Waals surface area (Å²) in [4.78, 5) is 48.4. The van der Waals surface area contributed by atoms with Crippen molar-refractivity contribution in [3.8, 4) is 5.75 Å². The fraction of sp³-hybridized carbons (Fsp3) is 0.821. The van der Waals surface area contributed by atoms with Crippen LogP contribution in [0.5, 0.6) is 5.75 Å². The molecule has 0 saturated carbocycles. The predicted octanol–water partition coefficient (Wildman–Crippen LogP) is -13.6. The summed E-state index contributed by atoms with van der Waals surface area (Å²) in [6.45, 7) is -1.80. The highest BCUT2D eigenvalue weighted by Gasteiger charge is 2.57.